The largest absolute Gasteiger partial charge is 0.467 e. The number of anilines is 1. The summed E-state index contributed by atoms with van der Waals surface area (Å²) in [5, 5.41) is 2.13. The standard InChI is InChI=1S/C16H17N5O8S/c1-26-15-18-13(19-16(20-15)27-2)17-14(23)21-30(24,25)11-6-4-3-5-10(11)12(22)29-8-9-7-28-9/h3-6,9H,7-8H2,1-2H3,(H2,17,18,19,20,21,23). The molecule has 0 bridgehead atoms. The molecule has 30 heavy (non-hydrogen) atoms. The molecule has 0 saturated carbocycles. The lowest BCUT2D eigenvalue weighted by Gasteiger charge is -2.11. The van der Waals surface area contributed by atoms with E-state index in [9.17, 15) is 18.0 Å². The van der Waals surface area contributed by atoms with Crippen molar-refractivity contribution in [1.29, 1.82) is 0 Å². The number of carbonyl (C=O) groups excluding carboxylic acids is 2. The van der Waals surface area contributed by atoms with E-state index in [2.05, 4.69) is 20.3 Å². The highest BCUT2D eigenvalue weighted by molar-refractivity contribution is 7.90. The Morgan fingerprint density at radius 2 is 1.77 bits per heavy atom. The van der Waals surface area contributed by atoms with Gasteiger partial charge in [0.2, 0.25) is 5.95 Å². The van der Waals surface area contributed by atoms with E-state index >= 15 is 0 Å². The predicted molar refractivity (Wildman–Crippen MR) is 98.7 cm³/mol. The van der Waals surface area contributed by atoms with Gasteiger partial charge in [0, 0.05) is 0 Å². The molecule has 1 aromatic carbocycles. The van der Waals surface area contributed by atoms with E-state index in [0.717, 1.165) is 6.07 Å². The van der Waals surface area contributed by atoms with Gasteiger partial charge in [-0.2, -0.15) is 9.97 Å². The van der Waals surface area contributed by atoms with E-state index in [1.165, 1.54) is 32.4 Å². The molecule has 14 heteroatoms. The van der Waals surface area contributed by atoms with Crippen molar-refractivity contribution in [3.8, 4) is 12.0 Å². The number of rotatable bonds is 8. The zero-order chi connectivity index (χ0) is 21.7. The number of nitrogens with zero attached hydrogens (tertiary/aromatic N) is 3. The molecule has 2 aromatic rings. The smallest absolute Gasteiger partial charge is 0.339 e. The highest BCUT2D eigenvalue weighted by Gasteiger charge is 2.28. The second-order valence-corrected chi connectivity index (χ2v) is 7.39. The van der Waals surface area contributed by atoms with Crippen LogP contribution in [0.4, 0.5) is 10.7 Å². The lowest BCUT2D eigenvalue weighted by molar-refractivity contribution is 0.0472. The van der Waals surface area contributed by atoms with Crippen LogP contribution in [0, 0.1) is 0 Å². The van der Waals surface area contributed by atoms with E-state index in [1.54, 1.807) is 4.72 Å². The van der Waals surface area contributed by atoms with Crippen LogP contribution in [-0.4, -0.2) is 68.9 Å². The minimum absolute atomic E-state index is 0.00414. The Labute approximate surface area is 170 Å². The van der Waals surface area contributed by atoms with Gasteiger partial charge in [-0.3, -0.25) is 5.32 Å². The molecule has 3 rings (SSSR count). The van der Waals surface area contributed by atoms with E-state index in [0.29, 0.717) is 6.61 Å². The molecule has 0 aliphatic carbocycles. The quantitative estimate of drug-likeness (QED) is 0.417. The number of amides is 2. The van der Waals surface area contributed by atoms with Crippen LogP contribution >= 0.6 is 0 Å². The fourth-order valence-electron chi connectivity index (χ4n) is 2.16. The van der Waals surface area contributed by atoms with Crippen LogP contribution in [0.5, 0.6) is 12.0 Å². The van der Waals surface area contributed by atoms with Gasteiger partial charge in [0.25, 0.3) is 10.0 Å². The number of aromatic nitrogens is 3. The summed E-state index contributed by atoms with van der Waals surface area (Å²) in [4.78, 5) is 35.3. The van der Waals surface area contributed by atoms with Crippen molar-refractivity contribution in [3.05, 3.63) is 29.8 Å². The minimum Gasteiger partial charge on any atom is -0.467 e. The fourth-order valence-corrected chi connectivity index (χ4v) is 3.26. The van der Waals surface area contributed by atoms with Gasteiger partial charge in [-0.15, -0.1) is 4.98 Å². The number of nitrogens with one attached hydrogen (secondary N) is 2. The first-order valence-corrected chi connectivity index (χ1v) is 9.86. The molecule has 1 unspecified atom stereocenters. The number of sulfonamides is 1. The summed E-state index contributed by atoms with van der Waals surface area (Å²) >= 11 is 0. The second-order valence-electron chi connectivity index (χ2n) is 5.74. The molecule has 2 heterocycles. The third-order valence-electron chi connectivity index (χ3n) is 3.61. The molecule has 160 valence electrons. The summed E-state index contributed by atoms with van der Waals surface area (Å²) in [5.74, 6) is -1.18. The van der Waals surface area contributed by atoms with Crippen LogP contribution in [0.1, 0.15) is 10.4 Å². The zero-order valence-electron chi connectivity index (χ0n) is 15.8. The van der Waals surface area contributed by atoms with Crippen LogP contribution in [-0.2, 0) is 19.5 Å². The van der Waals surface area contributed by atoms with Gasteiger partial charge in [-0.25, -0.2) is 22.7 Å². The first kappa shape index (κ1) is 21.2. The number of esters is 1. The second kappa shape index (κ2) is 8.87. The van der Waals surface area contributed by atoms with Gasteiger partial charge in [-0.05, 0) is 12.1 Å². The number of urea groups is 1. The summed E-state index contributed by atoms with van der Waals surface area (Å²) in [6.07, 6.45) is -0.184. The highest BCUT2D eigenvalue weighted by Crippen LogP contribution is 2.18. The fraction of sp³-hybridized carbons (Fsp3) is 0.312. The van der Waals surface area contributed by atoms with Crippen LogP contribution in [0.15, 0.2) is 29.2 Å². The molecule has 1 aliphatic heterocycles. The molecule has 1 aliphatic rings. The summed E-state index contributed by atoms with van der Waals surface area (Å²) in [6, 6.07) is 3.79. The lowest BCUT2D eigenvalue weighted by atomic mass is 10.2. The van der Waals surface area contributed by atoms with Gasteiger partial charge >= 0.3 is 24.0 Å². The maximum atomic E-state index is 12.6. The summed E-state index contributed by atoms with van der Waals surface area (Å²) in [6.45, 7) is 0.478. The molecule has 1 saturated heterocycles. The average Bonchev–Trinajstić information content (AvgIpc) is 3.55. The van der Waals surface area contributed by atoms with E-state index in [-0.39, 0.29) is 36.2 Å². The molecule has 0 radical (unpaired) electrons. The third kappa shape index (κ3) is 5.30. The van der Waals surface area contributed by atoms with Gasteiger partial charge in [0.1, 0.15) is 17.6 Å². The topological polar surface area (TPSA) is 171 Å². The Balaban J connectivity index is 1.75. The van der Waals surface area contributed by atoms with Crippen LogP contribution in [0.3, 0.4) is 0 Å². The molecule has 2 amide bonds. The van der Waals surface area contributed by atoms with Crippen LogP contribution in [0.2, 0.25) is 0 Å². The average molecular weight is 439 g/mol. The number of methoxy groups -OCH3 is 2. The van der Waals surface area contributed by atoms with E-state index < -0.39 is 26.9 Å². The van der Waals surface area contributed by atoms with Crippen molar-refractivity contribution in [1.82, 2.24) is 19.7 Å². The van der Waals surface area contributed by atoms with Gasteiger partial charge in [0.15, 0.2) is 0 Å². The molecule has 1 aromatic heterocycles. The van der Waals surface area contributed by atoms with Crippen LogP contribution in [0.25, 0.3) is 0 Å². The van der Waals surface area contributed by atoms with Gasteiger partial charge in [-0.1, -0.05) is 12.1 Å². The highest BCUT2D eigenvalue weighted by atomic mass is 32.2. The normalized spacial score (nSPS) is 15.1. The van der Waals surface area contributed by atoms with Crippen molar-refractivity contribution >= 4 is 28.0 Å². The number of hydrogen-bond acceptors (Lipinski definition) is 11. The molecule has 2 N–H and O–H groups in total. The monoisotopic (exact) mass is 439 g/mol. The third-order valence-corrected chi connectivity index (χ3v) is 5.00. The lowest BCUT2D eigenvalue weighted by Crippen LogP contribution is -2.35. The van der Waals surface area contributed by atoms with E-state index in [1.807, 2.05) is 0 Å². The Morgan fingerprint density at radius 1 is 1.13 bits per heavy atom. The number of carbonyl (C=O) groups is 2. The minimum atomic E-state index is -4.44. The Kier molecular flexibility index (Phi) is 6.27. The van der Waals surface area contributed by atoms with Gasteiger partial charge < -0.3 is 18.9 Å². The SMILES string of the molecule is COc1nc(NC(=O)NS(=O)(=O)c2ccccc2C(=O)OCC2CO2)nc(OC)n1. The zero-order valence-corrected chi connectivity index (χ0v) is 16.6. The Hall–Kier alpha value is -3.52. The maximum absolute atomic E-state index is 12.6. The van der Waals surface area contributed by atoms with Crippen molar-refractivity contribution < 1.29 is 37.0 Å². The maximum Gasteiger partial charge on any atom is 0.339 e. The molecular weight excluding hydrogens is 422 g/mol. The van der Waals surface area contributed by atoms with Crippen molar-refractivity contribution in [2.24, 2.45) is 0 Å². The molecule has 0 spiro atoms. The van der Waals surface area contributed by atoms with Crippen molar-refractivity contribution in [3.63, 3.8) is 0 Å². The number of benzene rings is 1. The Morgan fingerprint density at radius 3 is 2.37 bits per heavy atom. The van der Waals surface area contributed by atoms with Crippen LogP contribution < -0.4 is 19.5 Å². The Bertz CT molecular complexity index is 1040. The first-order chi connectivity index (χ1) is 14.3. The molecule has 1 fully saturated rings. The molecule has 13 nitrogen and oxygen atoms in total. The van der Waals surface area contributed by atoms with Gasteiger partial charge in [0.05, 0.1) is 26.4 Å². The molecular formula is C16H17N5O8S. The molecule has 1 atom stereocenters. The number of epoxide rings is 1. The van der Waals surface area contributed by atoms with E-state index in [4.69, 9.17) is 18.9 Å². The summed E-state index contributed by atoms with van der Waals surface area (Å²) in [7, 11) is -1.87. The first-order valence-electron chi connectivity index (χ1n) is 8.38. The van der Waals surface area contributed by atoms with Crippen molar-refractivity contribution in [2.45, 2.75) is 11.0 Å². The number of hydrogen-bond donors (Lipinski definition) is 2. The number of ether oxygens (including phenoxy) is 4. The predicted octanol–water partition coefficient (Wildman–Crippen LogP) is -0.0452. The summed E-state index contributed by atoms with van der Waals surface area (Å²) in [5.41, 5.74) is -0.234. The summed E-state index contributed by atoms with van der Waals surface area (Å²) < 4.78 is 46.7. The van der Waals surface area contributed by atoms with Crippen molar-refractivity contribution in [2.75, 3.05) is 32.8 Å².